The Morgan fingerprint density at radius 2 is 0.712 bits per heavy atom. The van der Waals surface area contributed by atoms with Gasteiger partial charge in [-0.3, -0.25) is 0 Å². The minimum Gasteiger partial charge on any atom is -0.208 e. The van der Waals surface area contributed by atoms with E-state index in [0.29, 0.717) is 17.5 Å². The third kappa shape index (κ3) is 6.17. The van der Waals surface area contributed by atoms with Crippen LogP contribution in [0.5, 0.6) is 0 Å². The van der Waals surface area contributed by atoms with Crippen LogP contribution >= 0.6 is 0 Å². The van der Waals surface area contributed by atoms with Gasteiger partial charge in [0, 0.05) is 16.7 Å². The summed E-state index contributed by atoms with van der Waals surface area (Å²) in [6.45, 7) is 0. The zero-order valence-corrected chi connectivity index (χ0v) is 28.4. The number of hydrogen-bond donors (Lipinski definition) is 0. The molecule has 9 rings (SSSR count). The van der Waals surface area contributed by atoms with E-state index < -0.39 is 0 Å². The van der Waals surface area contributed by atoms with Crippen LogP contribution in [-0.2, 0) is 0 Å². The molecule has 0 radical (unpaired) electrons. The van der Waals surface area contributed by atoms with Crippen LogP contribution in [0.2, 0.25) is 0 Å². The summed E-state index contributed by atoms with van der Waals surface area (Å²) in [5, 5.41) is 2.25. The molecule has 1 aromatic heterocycles. The Labute approximate surface area is 303 Å². The number of rotatable bonds is 7. The number of aromatic nitrogens is 3. The summed E-state index contributed by atoms with van der Waals surface area (Å²) in [7, 11) is 0. The first-order valence-electron chi connectivity index (χ1n) is 17.5. The lowest BCUT2D eigenvalue weighted by Crippen LogP contribution is -2.01. The largest absolute Gasteiger partial charge is 0.208 e. The normalized spacial score (nSPS) is 11.1. The van der Waals surface area contributed by atoms with E-state index in [0.717, 1.165) is 44.2 Å². The smallest absolute Gasteiger partial charge is 0.164 e. The Balaban J connectivity index is 1.19. The van der Waals surface area contributed by atoms with Crippen molar-refractivity contribution in [1.82, 2.24) is 15.0 Å². The van der Waals surface area contributed by atoms with E-state index in [-0.39, 0.29) is 0 Å². The highest BCUT2D eigenvalue weighted by Gasteiger charge is 2.16. The Hall–Kier alpha value is -6.97. The van der Waals surface area contributed by atoms with E-state index in [1.807, 2.05) is 6.07 Å². The highest BCUT2D eigenvalue weighted by atomic mass is 15.0. The fourth-order valence-electron chi connectivity index (χ4n) is 6.91. The highest BCUT2D eigenvalue weighted by Crippen LogP contribution is 2.38. The van der Waals surface area contributed by atoms with Crippen molar-refractivity contribution < 1.29 is 0 Å². The first kappa shape index (κ1) is 31.0. The van der Waals surface area contributed by atoms with Gasteiger partial charge < -0.3 is 0 Å². The van der Waals surface area contributed by atoms with Gasteiger partial charge in [0.15, 0.2) is 17.5 Å². The molecule has 9 aromatic rings. The predicted molar refractivity (Wildman–Crippen MR) is 215 cm³/mol. The van der Waals surface area contributed by atoms with Crippen molar-refractivity contribution in [2.75, 3.05) is 0 Å². The second-order valence-corrected chi connectivity index (χ2v) is 12.8. The van der Waals surface area contributed by atoms with Crippen LogP contribution in [-0.4, -0.2) is 15.0 Å². The van der Waals surface area contributed by atoms with Gasteiger partial charge in [0.05, 0.1) is 0 Å². The van der Waals surface area contributed by atoms with Crippen molar-refractivity contribution in [2.24, 2.45) is 0 Å². The molecule has 0 spiro atoms. The predicted octanol–water partition coefficient (Wildman–Crippen LogP) is 12.7. The Morgan fingerprint density at radius 3 is 1.44 bits per heavy atom. The second-order valence-electron chi connectivity index (χ2n) is 12.8. The van der Waals surface area contributed by atoms with E-state index in [1.165, 1.54) is 27.8 Å². The van der Waals surface area contributed by atoms with Gasteiger partial charge in [0.2, 0.25) is 0 Å². The van der Waals surface area contributed by atoms with Gasteiger partial charge >= 0.3 is 0 Å². The van der Waals surface area contributed by atoms with Crippen LogP contribution in [0.1, 0.15) is 0 Å². The number of fused-ring (bicyclic) bond motifs is 1. The Kier molecular flexibility index (Phi) is 8.20. The molecule has 0 atom stereocenters. The summed E-state index contributed by atoms with van der Waals surface area (Å²) < 4.78 is 0. The van der Waals surface area contributed by atoms with Crippen LogP contribution in [0.25, 0.3) is 89.4 Å². The average Bonchev–Trinajstić information content (AvgIpc) is 3.24. The molecule has 0 unspecified atom stereocenters. The molecule has 0 bridgehead atoms. The van der Waals surface area contributed by atoms with Crippen molar-refractivity contribution >= 4 is 10.8 Å². The molecule has 0 saturated carbocycles. The second kappa shape index (κ2) is 13.7. The zero-order valence-electron chi connectivity index (χ0n) is 28.4. The summed E-state index contributed by atoms with van der Waals surface area (Å²) >= 11 is 0. The van der Waals surface area contributed by atoms with Gasteiger partial charge in [-0.1, -0.05) is 188 Å². The fourth-order valence-corrected chi connectivity index (χ4v) is 6.91. The van der Waals surface area contributed by atoms with E-state index in [4.69, 9.17) is 15.0 Å². The first-order chi connectivity index (χ1) is 25.8. The quantitative estimate of drug-likeness (QED) is 0.170. The van der Waals surface area contributed by atoms with Crippen LogP contribution in [0.4, 0.5) is 0 Å². The molecule has 0 aliphatic carbocycles. The fraction of sp³-hybridized carbons (Fsp3) is 0. The average molecular weight is 664 g/mol. The van der Waals surface area contributed by atoms with E-state index in [2.05, 4.69) is 194 Å². The minimum absolute atomic E-state index is 0.629. The molecule has 52 heavy (non-hydrogen) atoms. The van der Waals surface area contributed by atoms with Gasteiger partial charge in [-0.2, -0.15) is 0 Å². The molecule has 0 fully saturated rings. The molecule has 0 aliphatic heterocycles. The van der Waals surface area contributed by atoms with Gasteiger partial charge in [0.1, 0.15) is 0 Å². The summed E-state index contributed by atoms with van der Waals surface area (Å²) in [5.74, 6) is 1.91. The summed E-state index contributed by atoms with van der Waals surface area (Å²) in [6, 6.07) is 70.0. The summed E-state index contributed by atoms with van der Waals surface area (Å²) in [4.78, 5) is 15.4. The zero-order chi connectivity index (χ0) is 34.7. The van der Waals surface area contributed by atoms with Crippen LogP contribution < -0.4 is 0 Å². The topological polar surface area (TPSA) is 38.7 Å². The first-order valence-corrected chi connectivity index (χ1v) is 17.5. The molecule has 3 nitrogen and oxygen atoms in total. The lowest BCUT2D eigenvalue weighted by molar-refractivity contribution is 1.08. The van der Waals surface area contributed by atoms with Crippen molar-refractivity contribution in [1.29, 1.82) is 0 Å². The van der Waals surface area contributed by atoms with Crippen molar-refractivity contribution in [3.63, 3.8) is 0 Å². The van der Waals surface area contributed by atoms with E-state index in [9.17, 15) is 0 Å². The van der Waals surface area contributed by atoms with Crippen LogP contribution in [0, 0.1) is 0 Å². The van der Waals surface area contributed by atoms with E-state index in [1.54, 1.807) is 0 Å². The minimum atomic E-state index is 0.629. The Bertz CT molecular complexity index is 2650. The van der Waals surface area contributed by atoms with Crippen LogP contribution in [0.15, 0.2) is 200 Å². The van der Waals surface area contributed by atoms with Crippen molar-refractivity contribution in [3.8, 4) is 78.7 Å². The van der Waals surface area contributed by atoms with Gasteiger partial charge in [-0.05, 0) is 67.4 Å². The lowest BCUT2D eigenvalue weighted by Gasteiger charge is -2.15. The lowest BCUT2D eigenvalue weighted by atomic mass is 9.90. The molecular formula is C49H33N3. The van der Waals surface area contributed by atoms with Crippen molar-refractivity contribution in [3.05, 3.63) is 200 Å². The molecule has 0 aliphatic rings. The third-order valence-corrected chi connectivity index (χ3v) is 9.56. The number of nitrogens with zero attached hydrogens (tertiary/aromatic N) is 3. The molecule has 1 heterocycles. The molecule has 0 N–H and O–H groups in total. The van der Waals surface area contributed by atoms with Gasteiger partial charge in [-0.25, -0.2) is 15.0 Å². The standard InChI is InChI=1S/C49H33N3/c1-4-14-34(15-5-1)36-26-28-39(29-27-36)47-50-48(52-49(51-47)45-25-13-21-37-20-10-11-24-43(37)45)42-23-12-22-41(32-42)44-31-30-40(35-16-6-2-7-17-35)33-46(44)38-18-8-3-9-19-38/h1-33H. The van der Waals surface area contributed by atoms with Crippen molar-refractivity contribution in [2.45, 2.75) is 0 Å². The summed E-state index contributed by atoms with van der Waals surface area (Å²) in [5.41, 5.74) is 12.1. The third-order valence-electron chi connectivity index (χ3n) is 9.56. The van der Waals surface area contributed by atoms with Crippen LogP contribution in [0.3, 0.4) is 0 Å². The van der Waals surface area contributed by atoms with Gasteiger partial charge in [0.25, 0.3) is 0 Å². The molecule has 0 amide bonds. The molecule has 0 saturated heterocycles. The monoisotopic (exact) mass is 663 g/mol. The highest BCUT2D eigenvalue weighted by molar-refractivity contribution is 5.95. The maximum atomic E-state index is 5.16. The number of hydrogen-bond acceptors (Lipinski definition) is 3. The Morgan fingerprint density at radius 1 is 0.231 bits per heavy atom. The molecule has 3 heteroatoms. The molecule has 244 valence electrons. The number of benzene rings is 8. The SMILES string of the molecule is c1ccc(-c2ccc(-c3nc(-c4cccc(-c5ccc(-c6ccccc6)cc5-c5ccccc5)c4)nc(-c4cccc5ccccc45)n3)cc2)cc1. The maximum Gasteiger partial charge on any atom is 0.164 e. The molecule has 8 aromatic carbocycles. The molecular weight excluding hydrogens is 631 g/mol. The summed E-state index contributed by atoms with van der Waals surface area (Å²) in [6.07, 6.45) is 0. The van der Waals surface area contributed by atoms with Gasteiger partial charge in [-0.15, -0.1) is 0 Å². The van der Waals surface area contributed by atoms with E-state index >= 15 is 0 Å². The maximum absolute atomic E-state index is 5.16.